The summed E-state index contributed by atoms with van der Waals surface area (Å²) >= 11 is 0. The molecule has 2 rings (SSSR count). The Morgan fingerprint density at radius 2 is 1.88 bits per heavy atom. The fourth-order valence-electron chi connectivity index (χ4n) is 1.93. The fourth-order valence-corrected chi connectivity index (χ4v) is 1.93. The van der Waals surface area contributed by atoms with Crippen LogP contribution in [0.3, 0.4) is 0 Å². The van der Waals surface area contributed by atoms with Crippen molar-refractivity contribution in [3.05, 3.63) is 23.7 Å². The van der Waals surface area contributed by atoms with Gasteiger partial charge >= 0.3 is 0 Å². The summed E-state index contributed by atoms with van der Waals surface area (Å²) in [6.07, 6.45) is 1.99. The highest BCUT2D eigenvalue weighted by Gasteiger charge is 2.16. The highest BCUT2D eigenvalue weighted by atomic mass is 15.3. The molecule has 0 spiro atoms. The standard InChI is InChI=1S/C13H20N4/c1-8(2)10-6-7-17-13(15-10)12(14-5)11(16-17)9(3)4/h6-9,14H,1-5H3. The van der Waals surface area contributed by atoms with Crippen molar-refractivity contribution < 1.29 is 0 Å². The van der Waals surface area contributed by atoms with E-state index in [9.17, 15) is 0 Å². The molecule has 0 unspecified atom stereocenters. The van der Waals surface area contributed by atoms with Gasteiger partial charge in [0.25, 0.3) is 0 Å². The van der Waals surface area contributed by atoms with Gasteiger partial charge in [0.05, 0.1) is 5.69 Å². The van der Waals surface area contributed by atoms with Gasteiger partial charge in [0.1, 0.15) is 5.69 Å². The smallest absolute Gasteiger partial charge is 0.179 e. The lowest BCUT2D eigenvalue weighted by Crippen LogP contribution is -1.98. The number of nitrogens with one attached hydrogen (secondary N) is 1. The van der Waals surface area contributed by atoms with Gasteiger partial charge in [-0.3, -0.25) is 0 Å². The monoisotopic (exact) mass is 232 g/mol. The number of fused-ring (bicyclic) bond motifs is 1. The van der Waals surface area contributed by atoms with Crippen molar-refractivity contribution in [1.82, 2.24) is 14.6 Å². The second-order valence-corrected chi connectivity index (χ2v) is 4.94. The molecule has 0 aromatic carbocycles. The average Bonchev–Trinajstić information content (AvgIpc) is 2.66. The highest BCUT2D eigenvalue weighted by molar-refractivity contribution is 5.71. The first kappa shape index (κ1) is 11.9. The van der Waals surface area contributed by atoms with E-state index in [-0.39, 0.29) is 0 Å². The molecular weight excluding hydrogens is 212 g/mol. The molecule has 17 heavy (non-hydrogen) atoms. The molecule has 0 aliphatic rings. The van der Waals surface area contributed by atoms with Crippen LogP contribution in [0.25, 0.3) is 5.65 Å². The molecule has 0 fully saturated rings. The Morgan fingerprint density at radius 1 is 1.18 bits per heavy atom. The van der Waals surface area contributed by atoms with Crippen LogP contribution in [-0.4, -0.2) is 21.6 Å². The van der Waals surface area contributed by atoms with Crippen LogP contribution in [0.2, 0.25) is 0 Å². The molecule has 4 heteroatoms. The van der Waals surface area contributed by atoms with Gasteiger partial charge in [-0.1, -0.05) is 27.7 Å². The van der Waals surface area contributed by atoms with Gasteiger partial charge in [-0.25, -0.2) is 9.50 Å². The van der Waals surface area contributed by atoms with E-state index in [2.05, 4.69) is 43.1 Å². The largest absolute Gasteiger partial charge is 0.384 e. The van der Waals surface area contributed by atoms with Crippen molar-refractivity contribution in [3.63, 3.8) is 0 Å². The van der Waals surface area contributed by atoms with E-state index in [1.165, 1.54) is 0 Å². The van der Waals surface area contributed by atoms with E-state index in [1.807, 2.05) is 23.8 Å². The lowest BCUT2D eigenvalue weighted by atomic mass is 10.1. The van der Waals surface area contributed by atoms with Crippen LogP contribution in [-0.2, 0) is 0 Å². The zero-order valence-corrected chi connectivity index (χ0v) is 11.2. The van der Waals surface area contributed by atoms with Crippen molar-refractivity contribution >= 4 is 11.3 Å². The summed E-state index contributed by atoms with van der Waals surface area (Å²) < 4.78 is 1.85. The molecule has 0 aliphatic carbocycles. The van der Waals surface area contributed by atoms with E-state index in [0.29, 0.717) is 11.8 Å². The minimum absolute atomic E-state index is 0.390. The third-order valence-electron chi connectivity index (χ3n) is 2.92. The van der Waals surface area contributed by atoms with Crippen LogP contribution in [0, 0.1) is 0 Å². The molecule has 1 N–H and O–H groups in total. The first-order valence-corrected chi connectivity index (χ1v) is 6.11. The molecule has 0 saturated carbocycles. The summed E-state index contributed by atoms with van der Waals surface area (Å²) in [5.74, 6) is 0.823. The van der Waals surface area contributed by atoms with Gasteiger partial charge in [0.2, 0.25) is 0 Å². The third-order valence-corrected chi connectivity index (χ3v) is 2.92. The summed E-state index contributed by atoms with van der Waals surface area (Å²) in [5.41, 5.74) is 4.13. The molecule has 0 aliphatic heterocycles. The topological polar surface area (TPSA) is 42.2 Å². The van der Waals surface area contributed by atoms with Crippen LogP contribution < -0.4 is 5.32 Å². The van der Waals surface area contributed by atoms with Crippen LogP contribution in [0.15, 0.2) is 12.3 Å². The molecule has 92 valence electrons. The molecule has 0 amide bonds. The molecule has 0 atom stereocenters. The summed E-state index contributed by atoms with van der Waals surface area (Å²) in [6.45, 7) is 8.59. The van der Waals surface area contributed by atoms with Crippen molar-refractivity contribution in [2.24, 2.45) is 0 Å². The number of anilines is 1. The minimum atomic E-state index is 0.390. The zero-order valence-electron chi connectivity index (χ0n) is 11.2. The van der Waals surface area contributed by atoms with Gasteiger partial charge in [-0.2, -0.15) is 5.10 Å². The normalized spacial score (nSPS) is 11.7. The van der Waals surface area contributed by atoms with E-state index < -0.39 is 0 Å². The molecule has 2 aromatic rings. The van der Waals surface area contributed by atoms with Crippen molar-refractivity contribution in [1.29, 1.82) is 0 Å². The van der Waals surface area contributed by atoms with Crippen molar-refractivity contribution in [2.75, 3.05) is 12.4 Å². The number of hydrogen-bond donors (Lipinski definition) is 1. The third kappa shape index (κ3) is 1.99. The van der Waals surface area contributed by atoms with Crippen LogP contribution >= 0.6 is 0 Å². The Morgan fingerprint density at radius 3 is 2.41 bits per heavy atom. The number of aromatic nitrogens is 3. The molecule has 2 aromatic heterocycles. The Hall–Kier alpha value is -1.58. The summed E-state index contributed by atoms with van der Waals surface area (Å²) in [6, 6.07) is 2.04. The van der Waals surface area contributed by atoms with Gasteiger partial charge in [-0.05, 0) is 17.9 Å². The maximum atomic E-state index is 4.69. The molecule has 4 nitrogen and oxygen atoms in total. The predicted octanol–water partition coefficient (Wildman–Crippen LogP) is 3.02. The van der Waals surface area contributed by atoms with Crippen LogP contribution in [0.5, 0.6) is 0 Å². The Labute approximate surface area is 102 Å². The highest BCUT2D eigenvalue weighted by Crippen LogP contribution is 2.27. The van der Waals surface area contributed by atoms with Crippen molar-refractivity contribution in [3.8, 4) is 0 Å². The van der Waals surface area contributed by atoms with E-state index in [0.717, 1.165) is 22.7 Å². The second-order valence-electron chi connectivity index (χ2n) is 4.94. The quantitative estimate of drug-likeness (QED) is 0.884. The van der Waals surface area contributed by atoms with Crippen LogP contribution in [0.4, 0.5) is 5.69 Å². The molecule has 2 heterocycles. The van der Waals surface area contributed by atoms with E-state index in [4.69, 9.17) is 0 Å². The zero-order chi connectivity index (χ0) is 12.6. The summed E-state index contributed by atoms with van der Waals surface area (Å²) in [4.78, 5) is 4.69. The summed E-state index contributed by atoms with van der Waals surface area (Å²) in [5, 5.41) is 7.80. The molecule has 0 bridgehead atoms. The fraction of sp³-hybridized carbons (Fsp3) is 0.538. The average molecular weight is 232 g/mol. The first-order valence-electron chi connectivity index (χ1n) is 6.11. The van der Waals surface area contributed by atoms with Gasteiger partial charge < -0.3 is 5.32 Å². The second kappa shape index (κ2) is 4.35. The number of rotatable bonds is 3. The molecule has 0 radical (unpaired) electrons. The molecular formula is C13H20N4. The lowest BCUT2D eigenvalue weighted by Gasteiger charge is -2.05. The Kier molecular flexibility index (Phi) is 3.05. The SMILES string of the molecule is CNc1c(C(C)C)nn2ccc(C(C)C)nc12. The Balaban J connectivity index is 2.67. The van der Waals surface area contributed by atoms with Crippen molar-refractivity contribution in [2.45, 2.75) is 39.5 Å². The van der Waals surface area contributed by atoms with Gasteiger partial charge in [-0.15, -0.1) is 0 Å². The van der Waals surface area contributed by atoms with Gasteiger partial charge in [0.15, 0.2) is 5.65 Å². The lowest BCUT2D eigenvalue weighted by molar-refractivity contribution is 0.775. The Bertz CT molecular complexity index is 525. The molecule has 0 saturated heterocycles. The first-order chi connectivity index (χ1) is 8.04. The van der Waals surface area contributed by atoms with Crippen LogP contribution in [0.1, 0.15) is 50.9 Å². The number of hydrogen-bond acceptors (Lipinski definition) is 3. The van der Waals surface area contributed by atoms with E-state index in [1.54, 1.807) is 0 Å². The van der Waals surface area contributed by atoms with E-state index >= 15 is 0 Å². The maximum absolute atomic E-state index is 4.69. The summed E-state index contributed by atoms with van der Waals surface area (Å²) in [7, 11) is 1.92. The van der Waals surface area contributed by atoms with Gasteiger partial charge in [0, 0.05) is 18.9 Å². The number of nitrogens with zero attached hydrogens (tertiary/aromatic N) is 3. The predicted molar refractivity (Wildman–Crippen MR) is 70.7 cm³/mol. The maximum Gasteiger partial charge on any atom is 0.179 e. The minimum Gasteiger partial charge on any atom is -0.384 e.